The third-order valence-corrected chi connectivity index (χ3v) is 4.69. The molecule has 3 rings (SSSR count). The number of rotatable bonds is 2. The van der Waals surface area contributed by atoms with Crippen molar-refractivity contribution in [3.63, 3.8) is 0 Å². The van der Waals surface area contributed by atoms with Gasteiger partial charge in [0.25, 0.3) is 5.91 Å². The Bertz CT molecular complexity index is 561. The molecule has 2 aliphatic rings. The lowest BCUT2D eigenvalue weighted by molar-refractivity contribution is 0.0911. The van der Waals surface area contributed by atoms with Gasteiger partial charge in [-0.3, -0.25) is 9.69 Å². The van der Waals surface area contributed by atoms with E-state index in [1.807, 2.05) is 0 Å². The summed E-state index contributed by atoms with van der Waals surface area (Å²) in [6.45, 7) is 3.76. The van der Waals surface area contributed by atoms with Crippen molar-refractivity contribution in [1.82, 2.24) is 10.2 Å². The molecule has 2 fully saturated rings. The molecule has 1 aromatic carbocycles. The van der Waals surface area contributed by atoms with Gasteiger partial charge in [0.05, 0.1) is 5.56 Å². The van der Waals surface area contributed by atoms with E-state index in [2.05, 4.69) is 10.2 Å². The molecule has 1 amide bonds. The largest absolute Gasteiger partial charge is 0.399 e. The molecule has 114 valence electrons. The maximum absolute atomic E-state index is 14.1. The molecule has 2 aliphatic heterocycles. The molecular formula is C16H22FN3O. The Labute approximate surface area is 124 Å². The number of nitrogens with one attached hydrogen (secondary N) is 1. The van der Waals surface area contributed by atoms with E-state index in [0.29, 0.717) is 17.3 Å². The minimum Gasteiger partial charge on any atom is -0.399 e. The maximum atomic E-state index is 14.1. The molecule has 21 heavy (non-hydrogen) atoms. The van der Waals surface area contributed by atoms with Crippen LogP contribution in [0.3, 0.4) is 0 Å². The molecule has 1 aromatic rings. The number of benzene rings is 1. The van der Waals surface area contributed by atoms with Gasteiger partial charge in [-0.15, -0.1) is 0 Å². The molecule has 0 radical (unpaired) electrons. The fourth-order valence-corrected chi connectivity index (χ4v) is 3.62. The van der Waals surface area contributed by atoms with Crippen LogP contribution >= 0.6 is 0 Å². The highest BCUT2D eigenvalue weighted by atomic mass is 19.1. The van der Waals surface area contributed by atoms with Gasteiger partial charge in [0.15, 0.2) is 0 Å². The zero-order valence-electron chi connectivity index (χ0n) is 12.4. The number of nitrogens with two attached hydrogens (primary N) is 1. The topological polar surface area (TPSA) is 58.4 Å². The third kappa shape index (κ3) is 2.75. The average molecular weight is 291 g/mol. The van der Waals surface area contributed by atoms with E-state index in [-0.39, 0.29) is 17.5 Å². The highest BCUT2D eigenvalue weighted by molar-refractivity contribution is 5.95. The number of fused-ring (bicyclic) bond motifs is 1. The number of hydrogen-bond acceptors (Lipinski definition) is 3. The van der Waals surface area contributed by atoms with Gasteiger partial charge in [-0.2, -0.15) is 0 Å². The van der Waals surface area contributed by atoms with Crippen LogP contribution in [-0.2, 0) is 0 Å². The fourth-order valence-electron chi connectivity index (χ4n) is 3.62. The molecule has 0 saturated carbocycles. The maximum Gasteiger partial charge on any atom is 0.254 e. The van der Waals surface area contributed by atoms with Crippen LogP contribution in [0.4, 0.5) is 10.1 Å². The van der Waals surface area contributed by atoms with Crippen LogP contribution < -0.4 is 11.1 Å². The smallest absolute Gasteiger partial charge is 0.254 e. The van der Waals surface area contributed by atoms with Gasteiger partial charge in [-0.1, -0.05) is 6.42 Å². The Kier molecular flexibility index (Phi) is 3.85. The standard InChI is InChI=1S/C16H22FN3O/c1-10-8-11(18)9-12(15(10)17)16(21)19-13-5-7-20-6-3-2-4-14(13)20/h8-9,13-14H,2-7,18H2,1H3,(H,19,21). The molecule has 2 atom stereocenters. The van der Waals surface area contributed by atoms with E-state index in [0.717, 1.165) is 25.9 Å². The first-order valence-electron chi connectivity index (χ1n) is 7.67. The fraction of sp³-hybridized carbons (Fsp3) is 0.562. The third-order valence-electron chi connectivity index (χ3n) is 4.69. The Balaban J connectivity index is 1.75. The van der Waals surface area contributed by atoms with Crippen LogP contribution in [0.2, 0.25) is 0 Å². The molecule has 4 nitrogen and oxygen atoms in total. The van der Waals surface area contributed by atoms with Crippen LogP contribution in [0.15, 0.2) is 12.1 Å². The van der Waals surface area contributed by atoms with E-state index in [1.54, 1.807) is 13.0 Å². The van der Waals surface area contributed by atoms with Gasteiger partial charge in [0.2, 0.25) is 0 Å². The van der Waals surface area contributed by atoms with Gasteiger partial charge in [0, 0.05) is 24.3 Å². The highest BCUT2D eigenvalue weighted by Crippen LogP contribution is 2.27. The van der Waals surface area contributed by atoms with E-state index in [4.69, 9.17) is 5.73 Å². The lowest BCUT2D eigenvalue weighted by Gasteiger charge is -2.32. The van der Waals surface area contributed by atoms with Crippen molar-refractivity contribution in [2.75, 3.05) is 18.8 Å². The zero-order valence-corrected chi connectivity index (χ0v) is 12.4. The number of halogens is 1. The Morgan fingerprint density at radius 3 is 2.95 bits per heavy atom. The van der Waals surface area contributed by atoms with Crippen molar-refractivity contribution in [2.24, 2.45) is 0 Å². The van der Waals surface area contributed by atoms with Crippen LogP contribution in [0.5, 0.6) is 0 Å². The van der Waals surface area contributed by atoms with E-state index < -0.39 is 5.82 Å². The molecule has 2 heterocycles. The van der Waals surface area contributed by atoms with Crippen molar-refractivity contribution >= 4 is 11.6 Å². The van der Waals surface area contributed by atoms with Crippen molar-refractivity contribution < 1.29 is 9.18 Å². The number of piperidine rings is 1. The molecule has 3 N–H and O–H groups in total. The Morgan fingerprint density at radius 1 is 1.33 bits per heavy atom. The van der Waals surface area contributed by atoms with E-state index >= 15 is 0 Å². The SMILES string of the molecule is Cc1cc(N)cc(C(=O)NC2CCN3CCCCC23)c1F. The number of carbonyl (C=O) groups is 1. The molecule has 0 bridgehead atoms. The van der Waals surface area contributed by atoms with Gasteiger partial charge in [-0.05, 0) is 50.4 Å². The van der Waals surface area contributed by atoms with Gasteiger partial charge in [-0.25, -0.2) is 4.39 Å². The number of aryl methyl sites for hydroxylation is 1. The minimum atomic E-state index is -0.472. The predicted molar refractivity (Wildman–Crippen MR) is 80.6 cm³/mol. The number of amides is 1. The first-order valence-corrected chi connectivity index (χ1v) is 7.67. The number of hydrogen-bond donors (Lipinski definition) is 2. The van der Waals surface area contributed by atoms with Crippen molar-refractivity contribution in [3.05, 3.63) is 29.1 Å². The summed E-state index contributed by atoms with van der Waals surface area (Å²) in [4.78, 5) is 14.8. The van der Waals surface area contributed by atoms with Gasteiger partial charge in [0.1, 0.15) is 5.82 Å². The molecule has 2 saturated heterocycles. The first kappa shape index (κ1) is 14.3. The molecule has 0 spiro atoms. The summed E-state index contributed by atoms with van der Waals surface area (Å²) in [7, 11) is 0. The first-order chi connectivity index (χ1) is 10.1. The summed E-state index contributed by atoms with van der Waals surface area (Å²) in [6.07, 6.45) is 4.50. The normalized spacial score (nSPS) is 25.6. The summed E-state index contributed by atoms with van der Waals surface area (Å²) in [5.74, 6) is -0.819. The second kappa shape index (κ2) is 5.64. The summed E-state index contributed by atoms with van der Waals surface area (Å²) < 4.78 is 14.1. The predicted octanol–water partition coefficient (Wildman–Crippen LogP) is 2.07. The Hall–Kier alpha value is -1.62. The van der Waals surface area contributed by atoms with Crippen molar-refractivity contribution in [2.45, 2.75) is 44.7 Å². The number of carbonyl (C=O) groups excluding carboxylic acids is 1. The average Bonchev–Trinajstić information content (AvgIpc) is 2.86. The summed E-state index contributed by atoms with van der Waals surface area (Å²) in [5, 5.41) is 3.01. The minimum absolute atomic E-state index is 0.0572. The zero-order chi connectivity index (χ0) is 15.0. The van der Waals surface area contributed by atoms with Crippen LogP contribution in [0.1, 0.15) is 41.6 Å². The second-order valence-corrected chi connectivity index (χ2v) is 6.17. The van der Waals surface area contributed by atoms with Crippen LogP contribution in [0, 0.1) is 12.7 Å². The molecule has 2 unspecified atom stereocenters. The second-order valence-electron chi connectivity index (χ2n) is 6.17. The number of nitrogens with zero attached hydrogens (tertiary/aromatic N) is 1. The molecule has 0 aromatic heterocycles. The lowest BCUT2D eigenvalue weighted by Crippen LogP contribution is -2.47. The lowest BCUT2D eigenvalue weighted by atomic mass is 9.98. The van der Waals surface area contributed by atoms with E-state index in [1.165, 1.54) is 18.9 Å². The van der Waals surface area contributed by atoms with Gasteiger partial charge >= 0.3 is 0 Å². The monoisotopic (exact) mass is 291 g/mol. The number of nitrogen functional groups attached to an aromatic ring is 1. The van der Waals surface area contributed by atoms with Crippen molar-refractivity contribution in [3.8, 4) is 0 Å². The van der Waals surface area contributed by atoms with Crippen LogP contribution in [-0.4, -0.2) is 36.0 Å². The van der Waals surface area contributed by atoms with E-state index in [9.17, 15) is 9.18 Å². The number of anilines is 1. The Morgan fingerprint density at radius 2 is 2.14 bits per heavy atom. The summed E-state index contributed by atoms with van der Waals surface area (Å²) in [5.41, 5.74) is 6.61. The summed E-state index contributed by atoms with van der Waals surface area (Å²) in [6, 6.07) is 3.50. The summed E-state index contributed by atoms with van der Waals surface area (Å²) >= 11 is 0. The van der Waals surface area contributed by atoms with Gasteiger partial charge < -0.3 is 11.1 Å². The van der Waals surface area contributed by atoms with Crippen LogP contribution in [0.25, 0.3) is 0 Å². The molecular weight excluding hydrogens is 269 g/mol. The van der Waals surface area contributed by atoms with Crippen molar-refractivity contribution in [1.29, 1.82) is 0 Å². The highest BCUT2D eigenvalue weighted by Gasteiger charge is 2.36. The molecule has 0 aliphatic carbocycles. The molecule has 5 heteroatoms. The quantitative estimate of drug-likeness (QED) is 0.820.